The van der Waals surface area contributed by atoms with Crippen LogP contribution in [0.3, 0.4) is 0 Å². The molecular weight excluding hydrogens is 318 g/mol. The average Bonchev–Trinajstić information content (AvgIpc) is 3.18. The molecule has 0 amide bonds. The summed E-state index contributed by atoms with van der Waals surface area (Å²) >= 11 is 0. The second-order valence-electron chi connectivity index (χ2n) is 5.99. The number of hydrogen-bond acceptors (Lipinski definition) is 4. The molecule has 0 aliphatic carbocycles. The van der Waals surface area contributed by atoms with Gasteiger partial charge in [0.1, 0.15) is 0 Å². The van der Waals surface area contributed by atoms with Crippen molar-refractivity contribution in [2.24, 2.45) is 0 Å². The summed E-state index contributed by atoms with van der Waals surface area (Å²) in [5, 5.41) is 4.58. The van der Waals surface area contributed by atoms with Gasteiger partial charge in [-0.05, 0) is 18.6 Å². The van der Waals surface area contributed by atoms with Gasteiger partial charge in [0.2, 0.25) is 0 Å². The lowest BCUT2D eigenvalue weighted by Gasteiger charge is -2.07. The van der Waals surface area contributed by atoms with E-state index in [9.17, 15) is 9.59 Å². The van der Waals surface area contributed by atoms with Gasteiger partial charge in [0.05, 0.1) is 0 Å². The fourth-order valence-corrected chi connectivity index (χ4v) is 3.05. The molecule has 0 radical (unpaired) electrons. The van der Waals surface area contributed by atoms with Gasteiger partial charge in [-0.2, -0.15) is 0 Å². The van der Waals surface area contributed by atoms with Gasteiger partial charge in [-0.1, -0.05) is 47.1 Å². The van der Waals surface area contributed by atoms with Crippen LogP contribution in [0.2, 0.25) is 0 Å². The lowest BCUT2D eigenvalue weighted by Crippen LogP contribution is -1.98. The summed E-state index contributed by atoms with van der Waals surface area (Å²) in [6, 6.07) is 13.8. The Hall–Kier alpha value is -3.41. The molecule has 0 fully saturated rings. The summed E-state index contributed by atoms with van der Waals surface area (Å²) in [5.41, 5.74) is 4.58. The van der Waals surface area contributed by atoms with Crippen molar-refractivity contribution in [2.45, 2.75) is 13.5 Å². The zero-order valence-corrected chi connectivity index (χ0v) is 13.5. The van der Waals surface area contributed by atoms with Gasteiger partial charge >= 0.3 is 5.76 Å². The summed E-state index contributed by atoms with van der Waals surface area (Å²) in [4.78, 5) is 25.1. The van der Waals surface area contributed by atoms with Gasteiger partial charge in [-0.3, -0.25) is 14.3 Å². The summed E-state index contributed by atoms with van der Waals surface area (Å²) in [6.45, 7) is 2.69. The molecule has 25 heavy (non-hydrogen) atoms. The van der Waals surface area contributed by atoms with Crippen molar-refractivity contribution in [1.82, 2.24) is 14.7 Å². The zero-order chi connectivity index (χ0) is 17.4. The predicted octanol–water partition coefficient (Wildman–Crippen LogP) is 3.15. The van der Waals surface area contributed by atoms with Gasteiger partial charge in [-0.25, -0.2) is 4.79 Å². The normalized spacial score (nSPS) is 11.1. The molecule has 4 aromatic rings. The molecule has 0 aliphatic heterocycles. The molecule has 4 rings (SSSR count). The minimum Gasteiger partial charge on any atom is -0.342 e. The topological polar surface area (TPSA) is 80.9 Å². The van der Waals surface area contributed by atoms with Crippen LogP contribution in [0.15, 0.2) is 58.0 Å². The quantitative estimate of drug-likeness (QED) is 0.582. The molecule has 2 heterocycles. The summed E-state index contributed by atoms with van der Waals surface area (Å²) in [6.07, 6.45) is 2.70. The lowest BCUT2D eigenvalue weighted by molar-refractivity contribution is 0.112. The Kier molecular flexibility index (Phi) is 3.57. The van der Waals surface area contributed by atoms with Gasteiger partial charge < -0.3 is 4.57 Å². The standard InChI is InChI=1S/C19H15N3O3/c1-12-3-2-4-13(7-12)9-22-10-15(11-23)16-6-5-14(8-17(16)22)18-20-19(24)25-21-18/h2-8,10-11H,9H2,1H3,(H,20,21,24). The zero-order valence-electron chi connectivity index (χ0n) is 13.5. The third-order valence-electron chi connectivity index (χ3n) is 4.19. The number of rotatable bonds is 4. The van der Waals surface area contributed by atoms with E-state index in [0.29, 0.717) is 17.9 Å². The highest BCUT2D eigenvalue weighted by molar-refractivity contribution is 5.99. The first-order valence-corrected chi connectivity index (χ1v) is 7.84. The highest BCUT2D eigenvalue weighted by Crippen LogP contribution is 2.26. The number of fused-ring (bicyclic) bond motifs is 1. The van der Waals surface area contributed by atoms with Crippen molar-refractivity contribution < 1.29 is 9.32 Å². The maximum Gasteiger partial charge on any atom is 0.439 e. The van der Waals surface area contributed by atoms with E-state index in [-0.39, 0.29) is 0 Å². The van der Waals surface area contributed by atoms with Crippen LogP contribution in [0.1, 0.15) is 21.5 Å². The summed E-state index contributed by atoms with van der Waals surface area (Å²) < 4.78 is 6.60. The van der Waals surface area contributed by atoms with Crippen LogP contribution in [-0.4, -0.2) is 21.0 Å². The molecule has 0 spiro atoms. The molecule has 2 aromatic carbocycles. The Morgan fingerprint density at radius 1 is 1.24 bits per heavy atom. The monoisotopic (exact) mass is 333 g/mol. The molecule has 0 atom stereocenters. The van der Waals surface area contributed by atoms with E-state index < -0.39 is 5.76 Å². The number of carbonyl (C=O) groups excluding carboxylic acids is 1. The SMILES string of the molecule is Cc1cccc(Cn2cc(C=O)c3ccc(-c4noc(=O)[nH]4)cc32)c1. The minimum absolute atomic E-state index is 0.364. The van der Waals surface area contributed by atoms with Crippen LogP contribution in [0, 0.1) is 6.92 Å². The first-order chi connectivity index (χ1) is 12.1. The first-order valence-electron chi connectivity index (χ1n) is 7.84. The van der Waals surface area contributed by atoms with Crippen LogP contribution < -0.4 is 5.76 Å². The molecule has 0 saturated heterocycles. The molecule has 124 valence electrons. The van der Waals surface area contributed by atoms with E-state index in [2.05, 4.69) is 26.8 Å². The van der Waals surface area contributed by atoms with Crippen LogP contribution in [0.5, 0.6) is 0 Å². The molecule has 0 unspecified atom stereocenters. The largest absolute Gasteiger partial charge is 0.439 e. The van der Waals surface area contributed by atoms with Crippen molar-refractivity contribution in [3.05, 3.63) is 75.9 Å². The Morgan fingerprint density at radius 3 is 2.84 bits per heavy atom. The smallest absolute Gasteiger partial charge is 0.342 e. The third-order valence-corrected chi connectivity index (χ3v) is 4.19. The lowest BCUT2D eigenvalue weighted by atomic mass is 10.1. The molecule has 1 N–H and O–H groups in total. The van der Waals surface area contributed by atoms with Crippen molar-refractivity contribution in [2.75, 3.05) is 0 Å². The number of hydrogen-bond donors (Lipinski definition) is 1. The Labute approximate surface area is 142 Å². The van der Waals surface area contributed by atoms with E-state index in [1.807, 2.05) is 42.0 Å². The molecule has 0 aliphatic rings. The minimum atomic E-state index is -0.598. The second kappa shape index (κ2) is 5.90. The average molecular weight is 333 g/mol. The Bertz CT molecular complexity index is 1130. The number of H-pyrrole nitrogens is 1. The van der Waals surface area contributed by atoms with Crippen molar-refractivity contribution in [1.29, 1.82) is 0 Å². The number of nitrogens with zero attached hydrogens (tertiary/aromatic N) is 2. The van der Waals surface area contributed by atoms with E-state index in [4.69, 9.17) is 0 Å². The third kappa shape index (κ3) is 2.78. The molecule has 0 bridgehead atoms. The van der Waals surface area contributed by atoms with Crippen molar-refractivity contribution in [3.63, 3.8) is 0 Å². The Morgan fingerprint density at radius 2 is 2.12 bits per heavy atom. The summed E-state index contributed by atoms with van der Waals surface area (Å²) in [5.74, 6) is -0.235. The molecule has 6 heteroatoms. The number of nitrogens with one attached hydrogen (secondary N) is 1. The van der Waals surface area contributed by atoms with E-state index in [1.54, 1.807) is 6.07 Å². The first kappa shape index (κ1) is 15.1. The molecule has 2 aromatic heterocycles. The van der Waals surface area contributed by atoms with Crippen LogP contribution in [-0.2, 0) is 6.54 Å². The van der Waals surface area contributed by atoms with Crippen molar-refractivity contribution in [3.8, 4) is 11.4 Å². The van der Waals surface area contributed by atoms with Gasteiger partial charge in [-0.15, -0.1) is 0 Å². The van der Waals surface area contributed by atoms with Gasteiger partial charge in [0.15, 0.2) is 12.1 Å². The summed E-state index contributed by atoms with van der Waals surface area (Å²) in [7, 11) is 0. The van der Waals surface area contributed by atoms with E-state index in [1.165, 1.54) is 5.56 Å². The maximum atomic E-state index is 11.4. The highest BCUT2D eigenvalue weighted by Gasteiger charge is 2.12. The molecule has 6 nitrogen and oxygen atoms in total. The molecule has 0 saturated carbocycles. The second-order valence-corrected chi connectivity index (χ2v) is 5.99. The number of aldehydes is 1. The predicted molar refractivity (Wildman–Crippen MR) is 93.7 cm³/mol. The van der Waals surface area contributed by atoms with Gasteiger partial charge in [0.25, 0.3) is 0 Å². The van der Waals surface area contributed by atoms with E-state index in [0.717, 1.165) is 28.3 Å². The van der Waals surface area contributed by atoms with Crippen LogP contribution >= 0.6 is 0 Å². The van der Waals surface area contributed by atoms with Gasteiger partial charge in [0, 0.05) is 34.8 Å². The van der Waals surface area contributed by atoms with E-state index >= 15 is 0 Å². The maximum absolute atomic E-state index is 11.4. The number of aryl methyl sites for hydroxylation is 1. The number of carbonyl (C=O) groups is 1. The number of aromatic amines is 1. The van der Waals surface area contributed by atoms with Crippen LogP contribution in [0.25, 0.3) is 22.3 Å². The fraction of sp³-hybridized carbons (Fsp3) is 0.105. The number of benzene rings is 2. The number of aromatic nitrogens is 3. The van der Waals surface area contributed by atoms with Crippen molar-refractivity contribution >= 4 is 17.2 Å². The molecular formula is C19H15N3O3. The fourth-order valence-electron chi connectivity index (χ4n) is 3.05. The highest BCUT2D eigenvalue weighted by atomic mass is 16.5. The Balaban J connectivity index is 1.85. The van der Waals surface area contributed by atoms with Crippen LogP contribution in [0.4, 0.5) is 0 Å².